The fourth-order valence-electron chi connectivity index (χ4n) is 1.82. The minimum atomic E-state index is 0.185. The Labute approximate surface area is 107 Å². The Morgan fingerprint density at radius 2 is 1.89 bits per heavy atom. The Hall–Kier alpha value is -2.10. The van der Waals surface area contributed by atoms with Crippen molar-refractivity contribution in [2.45, 2.75) is 19.9 Å². The second kappa shape index (κ2) is 5.49. The van der Waals surface area contributed by atoms with E-state index in [2.05, 4.69) is 34.3 Å². The van der Waals surface area contributed by atoms with Crippen molar-refractivity contribution in [2.75, 3.05) is 12.4 Å². The first-order valence-corrected chi connectivity index (χ1v) is 5.89. The van der Waals surface area contributed by atoms with Crippen LogP contribution in [0.4, 0.5) is 5.82 Å². The lowest BCUT2D eigenvalue weighted by Crippen LogP contribution is -2.10. The standard InChI is InChI=1S/C14H17N3O/c1-10-13(15-9-16-14(10)18-3)17-11(2)12-7-5-4-6-8-12/h4-9,11H,1-3H3,(H,15,16,17). The molecule has 0 aliphatic heterocycles. The second-order valence-electron chi connectivity index (χ2n) is 4.13. The number of aromatic nitrogens is 2. The lowest BCUT2D eigenvalue weighted by molar-refractivity contribution is 0.393. The summed E-state index contributed by atoms with van der Waals surface area (Å²) >= 11 is 0. The maximum absolute atomic E-state index is 5.18. The Bertz CT molecular complexity index is 514. The molecule has 0 aliphatic rings. The minimum absolute atomic E-state index is 0.185. The van der Waals surface area contributed by atoms with Crippen LogP contribution in [0.2, 0.25) is 0 Å². The van der Waals surface area contributed by atoms with E-state index in [-0.39, 0.29) is 6.04 Å². The third-order valence-corrected chi connectivity index (χ3v) is 2.88. The Morgan fingerprint density at radius 1 is 1.17 bits per heavy atom. The van der Waals surface area contributed by atoms with E-state index >= 15 is 0 Å². The van der Waals surface area contributed by atoms with Gasteiger partial charge in [-0.1, -0.05) is 30.3 Å². The third kappa shape index (κ3) is 2.59. The number of methoxy groups -OCH3 is 1. The van der Waals surface area contributed by atoms with Crippen molar-refractivity contribution in [1.29, 1.82) is 0 Å². The van der Waals surface area contributed by atoms with Gasteiger partial charge in [0.15, 0.2) is 0 Å². The Balaban J connectivity index is 2.19. The summed E-state index contributed by atoms with van der Waals surface area (Å²) in [6.45, 7) is 4.04. The molecular formula is C14H17N3O. The van der Waals surface area contributed by atoms with E-state index in [1.54, 1.807) is 7.11 Å². The molecule has 1 aromatic heterocycles. The van der Waals surface area contributed by atoms with Crippen LogP contribution in [0.15, 0.2) is 36.7 Å². The second-order valence-corrected chi connectivity index (χ2v) is 4.13. The molecule has 0 aliphatic carbocycles. The van der Waals surface area contributed by atoms with Crippen molar-refractivity contribution in [2.24, 2.45) is 0 Å². The molecule has 0 saturated heterocycles. The molecule has 4 nitrogen and oxygen atoms in total. The van der Waals surface area contributed by atoms with Gasteiger partial charge in [-0.15, -0.1) is 0 Å². The molecule has 1 heterocycles. The topological polar surface area (TPSA) is 47.0 Å². The van der Waals surface area contributed by atoms with Gasteiger partial charge in [0.2, 0.25) is 5.88 Å². The maximum Gasteiger partial charge on any atom is 0.221 e. The number of hydrogen-bond donors (Lipinski definition) is 1. The zero-order valence-electron chi connectivity index (χ0n) is 10.8. The van der Waals surface area contributed by atoms with Gasteiger partial charge in [-0.05, 0) is 19.4 Å². The fourth-order valence-corrected chi connectivity index (χ4v) is 1.82. The van der Waals surface area contributed by atoms with E-state index in [1.807, 2.05) is 25.1 Å². The van der Waals surface area contributed by atoms with E-state index in [0.717, 1.165) is 11.4 Å². The van der Waals surface area contributed by atoms with Gasteiger partial charge in [0.1, 0.15) is 12.1 Å². The monoisotopic (exact) mass is 243 g/mol. The normalized spacial score (nSPS) is 11.9. The molecule has 94 valence electrons. The summed E-state index contributed by atoms with van der Waals surface area (Å²) in [5.74, 6) is 1.41. The molecule has 4 heteroatoms. The van der Waals surface area contributed by atoms with Crippen LogP contribution in [0, 0.1) is 6.92 Å². The molecule has 0 saturated carbocycles. The molecule has 1 atom stereocenters. The molecule has 0 bridgehead atoms. The van der Waals surface area contributed by atoms with Gasteiger partial charge < -0.3 is 10.1 Å². The molecule has 2 rings (SSSR count). The van der Waals surface area contributed by atoms with Gasteiger partial charge >= 0.3 is 0 Å². The zero-order valence-corrected chi connectivity index (χ0v) is 10.8. The molecule has 1 aromatic carbocycles. The van der Waals surface area contributed by atoms with Crippen LogP contribution in [0.3, 0.4) is 0 Å². The summed E-state index contributed by atoms with van der Waals surface area (Å²) in [6.07, 6.45) is 1.51. The van der Waals surface area contributed by atoms with E-state index in [0.29, 0.717) is 5.88 Å². The lowest BCUT2D eigenvalue weighted by Gasteiger charge is -2.17. The van der Waals surface area contributed by atoms with Gasteiger partial charge in [0.05, 0.1) is 12.7 Å². The van der Waals surface area contributed by atoms with E-state index < -0.39 is 0 Å². The number of nitrogens with one attached hydrogen (secondary N) is 1. The molecule has 18 heavy (non-hydrogen) atoms. The predicted octanol–water partition coefficient (Wildman–Crippen LogP) is 2.97. The molecule has 0 radical (unpaired) electrons. The minimum Gasteiger partial charge on any atom is -0.481 e. The van der Waals surface area contributed by atoms with Crippen molar-refractivity contribution in [3.63, 3.8) is 0 Å². The van der Waals surface area contributed by atoms with Crippen molar-refractivity contribution in [3.05, 3.63) is 47.8 Å². The highest BCUT2D eigenvalue weighted by atomic mass is 16.5. The highest BCUT2D eigenvalue weighted by Gasteiger charge is 2.10. The van der Waals surface area contributed by atoms with E-state index in [9.17, 15) is 0 Å². The van der Waals surface area contributed by atoms with Crippen LogP contribution >= 0.6 is 0 Å². The number of nitrogens with zero attached hydrogens (tertiary/aromatic N) is 2. The summed E-state index contributed by atoms with van der Waals surface area (Å²) in [6, 6.07) is 10.4. The molecule has 0 fully saturated rings. The van der Waals surface area contributed by atoms with Crippen molar-refractivity contribution < 1.29 is 4.74 Å². The average Bonchev–Trinajstić information content (AvgIpc) is 2.42. The van der Waals surface area contributed by atoms with E-state index in [1.165, 1.54) is 11.9 Å². The van der Waals surface area contributed by atoms with Gasteiger partial charge in [0.25, 0.3) is 0 Å². The Morgan fingerprint density at radius 3 is 2.56 bits per heavy atom. The summed E-state index contributed by atoms with van der Waals surface area (Å²) in [5.41, 5.74) is 2.14. The summed E-state index contributed by atoms with van der Waals surface area (Å²) in [5, 5.41) is 3.37. The Kier molecular flexibility index (Phi) is 3.77. The molecular weight excluding hydrogens is 226 g/mol. The third-order valence-electron chi connectivity index (χ3n) is 2.88. The number of anilines is 1. The van der Waals surface area contributed by atoms with Crippen LogP contribution in [-0.4, -0.2) is 17.1 Å². The first-order chi connectivity index (χ1) is 8.72. The van der Waals surface area contributed by atoms with Crippen molar-refractivity contribution in [3.8, 4) is 5.88 Å². The zero-order chi connectivity index (χ0) is 13.0. The first kappa shape index (κ1) is 12.4. The van der Waals surface area contributed by atoms with Gasteiger partial charge in [-0.25, -0.2) is 9.97 Å². The summed E-state index contributed by atoms with van der Waals surface area (Å²) < 4.78 is 5.18. The van der Waals surface area contributed by atoms with Crippen molar-refractivity contribution in [1.82, 2.24) is 9.97 Å². The molecule has 0 spiro atoms. The quantitative estimate of drug-likeness (QED) is 0.896. The predicted molar refractivity (Wildman–Crippen MR) is 71.8 cm³/mol. The van der Waals surface area contributed by atoms with Gasteiger partial charge in [-0.2, -0.15) is 0 Å². The van der Waals surface area contributed by atoms with Crippen LogP contribution < -0.4 is 10.1 Å². The number of benzene rings is 1. The smallest absolute Gasteiger partial charge is 0.221 e. The van der Waals surface area contributed by atoms with E-state index in [4.69, 9.17) is 4.74 Å². The maximum atomic E-state index is 5.18. The largest absolute Gasteiger partial charge is 0.481 e. The molecule has 1 unspecified atom stereocenters. The SMILES string of the molecule is COc1ncnc(NC(C)c2ccccc2)c1C. The average molecular weight is 243 g/mol. The number of hydrogen-bond acceptors (Lipinski definition) is 4. The van der Waals surface area contributed by atoms with Crippen LogP contribution in [0.25, 0.3) is 0 Å². The lowest BCUT2D eigenvalue weighted by atomic mass is 10.1. The van der Waals surface area contributed by atoms with Gasteiger partial charge in [-0.3, -0.25) is 0 Å². The van der Waals surface area contributed by atoms with Crippen LogP contribution in [-0.2, 0) is 0 Å². The van der Waals surface area contributed by atoms with Crippen molar-refractivity contribution >= 4 is 5.82 Å². The van der Waals surface area contributed by atoms with Gasteiger partial charge in [0, 0.05) is 6.04 Å². The highest BCUT2D eigenvalue weighted by molar-refractivity contribution is 5.49. The molecule has 2 aromatic rings. The molecule has 1 N–H and O–H groups in total. The fraction of sp³-hybridized carbons (Fsp3) is 0.286. The number of ether oxygens (including phenoxy) is 1. The van der Waals surface area contributed by atoms with Crippen LogP contribution in [0.1, 0.15) is 24.1 Å². The first-order valence-electron chi connectivity index (χ1n) is 5.89. The van der Waals surface area contributed by atoms with Crippen LogP contribution in [0.5, 0.6) is 5.88 Å². The summed E-state index contributed by atoms with van der Waals surface area (Å²) in [4.78, 5) is 8.31. The summed E-state index contributed by atoms with van der Waals surface area (Å²) in [7, 11) is 1.61. The number of rotatable bonds is 4. The molecule has 0 amide bonds. The highest BCUT2D eigenvalue weighted by Crippen LogP contribution is 2.24.